The van der Waals surface area contributed by atoms with E-state index in [0.717, 1.165) is 5.57 Å². The van der Waals surface area contributed by atoms with E-state index in [2.05, 4.69) is 40.3 Å². The standard InChI is InChI=1S/C9H14.C3H8.C2H6/c1-8(2)6-5-7-9(3)4;1-3-2;1-2/h5-7H,1H2,2-4H3;3H2,1-2H3;1-2H3/b6-5-;;. The summed E-state index contributed by atoms with van der Waals surface area (Å²) in [5, 5.41) is 0. The van der Waals surface area contributed by atoms with Crippen LogP contribution in [0.2, 0.25) is 0 Å². The van der Waals surface area contributed by atoms with E-state index < -0.39 is 0 Å². The summed E-state index contributed by atoms with van der Waals surface area (Å²) in [6, 6.07) is 0. The van der Waals surface area contributed by atoms with Crippen LogP contribution in [0.15, 0.2) is 36.0 Å². The lowest BCUT2D eigenvalue weighted by atomic mass is 10.2. The van der Waals surface area contributed by atoms with Gasteiger partial charge in [-0.05, 0) is 20.8 Å². The van der Waals surface area contributed by atoms with Crippen LogP contribution in [0.25, 0.3) is 0 Å². The minimum atomic E-state index is 1.09. The van der Waals surface area contributed by atoms with Gasteiger partial charge in [-0.2, -0.15) is 0 Å². The molecule has 0 N–H and O–H groups in total. The quantitative estimate of drug-likeness (QED) is 0.510. The Bertz CT molecular complexity index is 155. The Morgan fingerprint density at radius 3 is 1.64 bits per heavy atom. The highest BCUT2D eigenvalue weighted by atomic mass is 13.8. The Hall–Kier alpha value is -0.780. The summed E-state index contributed by atoms with van der Waals surface area (Å²) in [7, 11) is 0. The van der Waals surface area contributed by atoms with Crippen LogP contribution in [0.4, 0.5) is 0 Å². The van der Waals surface area contributed by atoms with Crippen LogP contribution in [-0.4, -0.2) is 0 Å². The predicted octanol–water partition coefficient (Wildman–Crippen LogP) is 5.53. The van der Waals surface area contributed by atoms with Crippen molar-refractivity contribution in [2.24, 2.45) is 0 Å². The summed E-state index contributed by atoms with van der Waals surface area (Å²) in [5.41, 5.74) is 2.40. The summed E-state index contributed by atoms with van der Waals surface area (Å²) >= 11 is 0. The van der Waals surface area contributed by atoms with E-state index in [1.807, 2.05) is 32.9 Å². The molecule has 0 atom stereocenters. The van der Waals surface area contributed by atoms with E-state index in [9.17, 15) is 0 Å². The van der Waals surface area contributed by atoms with Crippen molar-refractivity contribution in [3.8, 4) is 0 Å². The fourth-order valence-corrected chi connectivity index (χ4v) is 0.405. The fraction of sp³-hybridized carbons (Fsp3) is 0.571. The maximum atomic E-state index is 3.74. The van der Waals surface area contributed by atoms with Crippen molar-refractivity contribution in [1.82, 2.24) is 0 Å². The van der Waals surface area contributed by atoms with Crippen LogP contribution >= 0.6 is 0 Å². The minimum absolute atomic E-state index is 1.09. The highest BCUT2D eigenvalue weighted by Crippen LogP contribution is 1.92. The fourth-order valence-electron chi connectivity index (χ4n) is 0.405. The van der Waals surface area contributed by atoms with Gasteiger partial charge in [0.1, 0.15) is 0 Å². The monoisotopic (exact) mass is 196 g/mol. The van der Waals surface area contributed by atoms with E-state index in [1.165, 1.54) is 12.0 Å². The molecule has 0 amide bonds. The molecule has 0 saturated heterocycles. The zero-order valence-electron chi connectivity index (χ0n) is 11.1. The van der Waals surface area contributed by atoms with Crippen LogP contribution in [-0.2, 0) is 0 Å². The Morgan fingerprint density at radius 2 is 1.43 bits per heavy atom. The van der Waals surface area contributed by atoms with Crippen LogP contribution in [0.5, 0.6) is 0 Å². The van der Waals surface area contributed by atoms with Crippen molar-refractivity contribution < 1.29 is 0 Å². The Kier molecular flexibility index (Phi) is 24.4. The number of allylic oxidation sites excluding steroid dienone is 5. The molecule has 0 aliphatic heterocycles. The van der Waals surface area contributed by atoms with Gasteiger partial charge in [0, 0.05) is 0 Å². The Labute approximate surface area is 91.4 Å². The van der Waals surface area contributed by atoms with Gasteiger partial charge in [-0.15, -0.1) is 0 Å². The van der Waals surface area contributed by atoms with Crippen LogP contribution < -0.4 is 0 Å². The number of hydrogen-bond acceptors (Lipinski definition) is 0. The SMILES string of the molecule is C=C(C)/C=C\C=C(C)C.CC.CCC. The Balaban J connectivity index is -0.000000205. The third-order valence-electron chi connectivity index (χ3n) is 0.810. The average Bonchev–Trinajstić information content (AvgIpc) is 2.08. The molecule has 0 unspecified atom stereocenters. The first-order valence-electron chi connectivity index (χ1n) is 5.51. The van der Waals surface area contributed by atoms with Gasteiger partial charge in [0.15, 0.2) is 0 Å². The molecule has 0 bridgehead atoms. The summed E-state index contributed by atoms with van der Waals surface area (Å²) in [6.45, 7) is 18.1. The van der Waals surface area contributed by atoms with Gasteiger partial charge < -0.3 is 0 Å². The first kappa shape index (κ1) is 18.9. The molecule has 0 aromatic rings. The predicted molar refractivity (Wildman–Crippen MR) is 70.7 cm³/mol. The second kappa shape index (κ2) is 18.1. The molecule has 0 aromatic heterocycles. The molecule has 0 heteroatoms. The molecular formula is C14H28. The molecule has 0 spiro atoms. The van der Waals surface area contributed by atoms with Crippen LogP contribution in [0.1, 0.15) is 54.9 Å². The maximum absolute atomic E-state index is 3.74. The molecule has 14 heavy (non-hydrogen) atoms. The molecule has 0 rings (SSSR count). The van der Waals surface area contributed by atoms with Gasteiger partial charge in [0.05, 0.1) is 0 Å². The molecule has 0 aromatic carbocycles. The molecule has 0 nitrogen and oxygen atoms in total. The van der Waals surface area contributed by atoms with Gasteiger partial charge in [-0.3, -0.25) is 0 Å². The highest BCUT2D eigenvalue weighted by molar-refractivity contribution is 5.18. The first-order chi connectivity index (χ1) is 6.54. The molecule has 0 fully saturated rings. The highest BCUT2D eigenvalue weighted by Gasteiger charge is 1.71. The summed E-state index contributed by atoms with van der Waals surface area (Å²) < 4.78 is 0. The largest absolute Gasteiger partial charge is 0.0961 e. The van der Waals surface area contributed by atoms with E-state index >= 15 is 0 Å². The Morgan fingerprint density at radius 1 is 1.07 bits per heavy atom. The topological polar surface area (TPSA) is 0 Å². The summed E-state index contributed by atoms with van der Waals surface area (Å²) in [5.74, 6) is 0. The van der Waals surface area contributed by atoms with Gasteiger partial charge in [0.25, 0.3) is 0 Å². The van der Waals surface area contributed by atoms with E-state index in [4.69, 9.17) is 0 Å². The van der Waals surface area contributed by atoms with E-state index in [0.29, 0.717) is 0 Å². The van der Waals surface area contributed by atoms with Crippen molar-refractivity contribution in [2.45, 2.75) is 54.9 Å². The van der Waals surface area contributed by atoms with Gasteiger partial charge in [-0.25, -0.2) is 0 Å². The maximum Gasteiger partial charge on any atom is -0.0404 e. The summed E-state index contributed by atoms with van der Waals surface area (Å²) in [4.78, 5) is 0. The third-order valence-corrected chi connectivity index (χ3v) is 0.810. The van der Waals surface area contributed by atoms with E-state index in [-0.39, 0.29) is 0 Å². The molecule has 0 saturated carbocycles. The molecule has 0 radical (unpaired) electrons. The van der Waals surface area contributed by atoms with Gasteiger partial charge in [-0.1, -0.05) is 70.1 Å². The smallest absolute Gasteiger partial charge is 0.0404 e. The third kappa shape index (κ3) is 43.0. The van der Waals surface area contributed by atoms with Crippen molar-refractivity contribution in [3.05, 3.63) is 36.0 Å². The minimum Gasteiger partial charge on any atom is -0.0961 e. The van der Waals surface area contributed by atoms with Gasteiger partial charge in [0.2, 0.25) is 0 Å². The summed E-state index contributed by atoms with van der Waals surface area (Å²) in [6.07, 6.45) is 7.32. The lowest BCUT2D eigenvalue weighted by Crippen LogP contribution is -1.61. The zero-order valence-corrected chi connectivity index (χ0v) is 11.1. The molecule has 0 aliphatic rings. The molecular weight excluding hydrogens is 168 g/mol. The molecule has 0 aliphatic carbocycles. The lowest BCUT2D eigenvalue weighted by molar-refractivity contribution is 1.09. The van der Waals surface area contributed by atoms with Crippen LogP contribution in [0.3, 0.4) is 0 Å². The second-order valence-corrected chi connectivity index (χ2v) is 3.16. The van der Waals surface area contributed by atoms with E-state index in [1.54, 1.807) is 0 Å². The number of hydrogen-bond donors (Lipinski definition) is 0. The molecule has 84 valence electrons. The van der Waals surface area contributed by atoms with Crippen molar-refractivity contribution in [1.29, 1.82) is 0 Å². The van der Waals surface area contributed by atoms with Crippen molar-refractivity contribution in [3.63, 3.8) is 0 Å². The van der Waals surface area contributed by atoms with Crippen molar-refractivity contribution in [2.75, 3.05) is 0 Å². The lowest BCUT2D eigenvalue weighted by Gasteiger charge is -1.83. The molecule has 0 heterocycles. The van der Waals surface area contributed by atoms with Gasteiger partial charge >= 0.3 is 0 Å². The average molecular weight is 196 g/mol. The number of rotatable bonds is 2. The first-order valence-corrected chi connectivity index (χ1v) is 5.51. The normalized spacial score (nSPS) is 7.93. The van der Waals surface area contributed by atoms with Crippen LogP contribution in [0, 0.1) is 0 Å². The second-order valence-electron chi connectivity index (χ2n) is 3.16. The zero-order chi connectivity index (χ0) is 12.0. The van der Waals surface area contributed by atoms with Crippen molar-refractivity contribution >= 4 is 0 Å².